The van der Waals surface area contributed by atoms with Gasteiger partial charge in [-0.3, -0.25) is 0 Å². The zero-order chi connectivity index (χ0) is 5.28. The van der Waals surface area contributed by atoms with E-state index in [2.05, 4.69) is 31.3 Å². The van der Waals surface area contributed by atoms with Crippen LogP contribution >= 0.6 is 0 Å². The summed E-state index contributed by atoms with van der Waals surface area (Å²) >= 11 is 0. The molecule has 0 radical (unpaired) electrons. The van der Waals surface area contributed by atoms with Crippen LogP contribution in [0.1, 0.15) is 6.92 Å². The van der Waals surface area contributed by atoms with Crippen LogP contribution < -0.4 is 0 Å². The number of allylic oxidation sites excluding steroid dienone is 2. The molecule has 1 aliphatic rings. The third-order valence-electron chi connectivity index (χ3n) is 1.48. The van der Waals surface area contributed by atoms with Gasteiger partial charge in [0.2, 0.25) is 0 Å². The predicted octanol–water partition coefficient (Wildman–Crippen LogP) is 1.45. The molecule has 1 atom stereocenters. The van der Waals surface area contributed by atoms with E-state index in [1.54, 1.807) is 0 Å². The van der Waals surface area contributed by atoms with Crippen LogP contribution in [-0.4, -0.2) is 14.1 Å². The molecule has 1 heteroatoms. The molecule has 0 saturated carbocycles. The van der Waals surface area contributed by atoms with Crippen LogP contribution in [0, 0.1) is 0 Å². The summed E-state index contributed by atoms with van der Waals surface area (Å²) < 4.78 is 0. The van der Waals surface area contributed by atoms with Crippen molar-refractivity contribution in [2.45, 2.75) is 19.0 Å². The van der Waals surface area contributed by atoms with Crippen LogP contribution in [-0.2, 0) is 0 Å². The van der Waals surface area contributed by atoms with Gasteiger partial charge >= 0.3 is 0 Å². The lowest BCUT2D eigenvalue weighted by Crippen LogP contribution is -1.96. The molecule has 0 spiro atoms. The van der Waals surface area contributed by atoms with E-state index in [1.165, 1.54) is 0 Å². The normalized spacial score (nSPS) is 28.3. The zero-order valence-corrected chi connectivity index (χ0v) is 5.81. The monoisotopic (exact) mass is 110 g/mol. The van der Waals surface area contributed by atoms with Gasteiger partial charge in [0.25, 0.3) is 0 Å². The zero-order valence-electron chi connectivity index (χ0n) is 4.81. The Kier molecular flexibility index (Phi) is 1.24. The Morgan fingerprint density at radius 1 is 1.57 bits per heavy atom. The third-order valence-corrected chi connectivity index (χ3v) is 3.82. The minimum atomic E-state index is -0.0710. The summed E-state index contributed by atoms with van der Waals surface area (Å²) in [7, 11) is -0.0710. The minimum Gasteiger partial charge on any atom is -0.0818 e. The third kappa shape index (κ3) is 0.884. The van der Waals surface area contributed by atoms with Gasteiger partial charge < -0.3 is 0 Å². The molecule has 0 aromatic carbocycles. The molecule has 1 aliphatic heterocycles. The first-order valence-corrected chi connectivity index (χ1v) is 4.81. The van der Waals surface area contributed by atoms with Gasteiger partial charge in [-0.2, -0.15) is 0 Å². The van der Waals surface area contributed by atoms with Crippen molar-refractivity contribution in [3.63, 3.8) is 0 Å². The Morgan fingerprint density at radius 2 is 2.29 bits per heavy atom. The van der Waals surface area contributed by atoms with E-state index < -0.39 is 0 Å². The summed E-state index contributed by atoms with van der Waals surface area (Å²) in [6.45, 7) is 4.63. The maximum Gasteiger partial charge on any atom is 0.0134 e. The fourth-order valence-corrected chi connectivity index (χ4v) is 1.81. The van der Waals surface area contributed by atoms with Crippen molar-refractivity contribution in [3.8, 4) is 0 Å². The molecular formula is C6H10Si. The van der Waals surface area contributed by atoms with Gasteiger partial charge in [0, 0.05) is 8.41 Å². The van der Waals surface area contributed by atoms with E-state index in [1.807, 2.05) is 0 Å². The number of hydrogen-bond donors (Lipinski definition) is 0. The summed E-state index contributed by atoms with van der Waals surface area (Å²) in [5, 5.41) is 0. The molecule has 0 fully saturated rings. The van der Waals surface area contributed by atoms with Gasteiger partial charge in [-0.05, 0) is 5.54 Å². The fourth-order valence-electron chi connectivity index (χ4n) is 0.678. The number of hydrogen-bond acceptors (Lipinski definition) is 0. The molecule has 1 rings (SSSR count). The molecule has 38 valence electrons. The maximum atomic E-state index is 2.34. The topological polar surface area (TPSA) is 0 Å². The van der Waals surface area contributed by atoms with E-state index in [9.17, 15) is 0 Å². The predicted molar refractivity (Wildman–Crippen MR) is 36.2 cm³/mol. The van der Waals surface area contributed by atoms with Gasteiger partial charge in [0.1, 0.15) is 0 Å². The molecule has 0 bridgehead atoms. The second-order valence-corrected chi connectivity index (χ2v) is 4.82. The Balaban J connectivity index is 2.69. The van der Waals surface area contributed by atoms with Crippen molar-refractivity contribution in [2.24, 2.45) is 0 Å². The van der Waals surface area contributed by atoms with Crippen molar-refractivity contribution >= 4 is 14.1 Å². The molecule has 7 heavy (non-hydrogen) atoms. The molecule has 0 N–H and O–H groups in total. The van der Waals surface area contributed by atoms with Crippen molar-refractivity contribution in [1.29, 1.82) is 0 Å². The van der Waals surface area contributed by atoms with Crippen LogP contribution in [0.25, 0.3) is 0 Å². The van der Waals surface area contributed by atoms with E-state index in [0.29, 0.717) is 0 Å². The minimum absolute atomic E-state index is 0.0710. The largest absolute Gasteiger partial charge is 0.0818 e. The molecule has 0 aliphatic carbocycles. The Labute approximate surface area is 46.1 Å². The molecule has 0 saturated heterocycles. The summed E-state index contributed by atoms with van der Waals surface area (Å²) in [4.78, 5) is 0. The van der Waals surface area contributed by atoms with Crippen LogP contribution in [0.2, 0.25) is 12.1 Å². The highest BCUT2D eigenvalue weighted by Gasteiger charge is 2.01. The molecular weight excluding hydrogens is 100 g/mol. The summed E-state index contributed by atoms with van der Waals surface area (Å²) in [5.41, 5.74) is 3.22. The van der Waals surface area contributed by atoms with Crippen LogP contribution in [0.4, 0.5) is 0 Å². The molecule has 1 heterocycles. The highest BCUT2D eigenvalue weighted by atomic mass is 28.2. The molecule has 0 amide bonds. The average molecular weight is 110 g/mol. The Morgan fingerprint density at radius 3 is 2.43 bits per heavy atom. The van der Waals surface area contributed by atoms with Gasteiger partial charge in [-0.1, -0.05) is 31.3 Å². The van der Waals surface area contributed by atoms with Gasteiger partial charge in [0.05, 0.1) is 0 Å². The molecule has 1 unspecified atom stereocenters. The maximum absolute atomic E-state index is 2.34. The summed E-state index contributed by atoms with van der Waals surface area (Å²) in [6.07, 6.45) is 4.48. The SMILES string of the molecule is CC1C=CC=[Si]1C. The summed E-state index contributed by atoms with van der Waals surface area (Å²) in [6, 6.07) is 0. The van der Waals surface area contributed by atoms with Crippen LogP contribution in [0.3, 0.4) is 0 Å². The first kappa shape index (κ1) is 4.97. The van der Waals surface area contributed by atoms with Crippen LogP contribution in [0.15, 0.2) is 12.2 Å². The quantitative estimate of drug-likeness (QED) is 0.414. The lowest BCUT2D eigenvalue weighted by Gasteiger charge is -1.95. The highest BCUT2D eigenvalue weighted by molar-refractivity contribution is 6.69. The Bertz CT molecular complexity index is 122. The standard InChI is InChI=1S/C6H10Si/c1-6-4-3-5-7(6)2/h3-6H,1-2H3. The first-order valence-electron chi connectivity index (χ1n) is 2.65. The first-order chi connectivity index (χ1) is 3.30. The van der Waals surface area contributed by atoms with Crippen LogP contribution in [0.5, 0.6) is 0 Å². The van der Waals surface area contributed by atoms with E-state index in [-0.39, 0.29) is 8.41 Å². The van der Waals surface area contributed by atoms with E-state index in [0.717, 1.165) is 5.54 Å². The van der Waals surface area contributed by atoms with Crippen molar-refractivity contribution in [3.05, 3.63) is 12.2 Å². The molecule has 0 nitrogen and oxygen atoms in total. The molecule has 0 aromatic rings. The summed E-state index contributed by atoms with van der Waals surface area (Å²) in [5.74, 6) is 0. The fraction of sp³-hybridized carbons (Fsp3) is 0.500. The highest BCUT2D eigenvalue weighted by Crippen LogP contribution is 2.08. The lowest BCUT2D eigenvalue weighted by atomic mass is 10.4. The van der Waals surface area contributed by atoms with E-state index in [4.69, 9.17) is 0 Å². The van der Waals surface area contributed by atoms with Gasteiger partial charge in [-0.25, -0.2) is 0 Å². The lowest BCUT2D eigenvalue weighted by molar-refractivity contribution is 1.20. The van der Waals surface area contributed by atoms with Crippen molar-refractivity contribution in [2.75, 3.05) is 0 Å². The van der Waals surface area contributed by atoms with Crippen molar-refractivity contribution in [1.82, 2.24) is 0 Å². The molecule has 0 aromatic heterocycles. The van der Waals surface area contributed by atoms with Crippen molar-refractivity contribution < 1.29 is 0 Å². The van der Waals surface area contributed by atoms with Gasteiger partial charge in [0.15, 0.2) is 0 Å². The van der Waals surface area contributed by atoms with Gasteiger partial charge in [-0.15, -0.1) is 0 Å². The second kappa shape index (κ2) is 1.74. The van der Waals surface area contributed by atoms with E-state index >= 15 is 0 Å². The second-order valence-electron chi connectivity index (χ2n) is 2.08. The smallest absolute Gasteiger partial charge is 0.0134 e. The average Bonchev–Trinajstić information content (AvgIpc) is 1.91. The number of rotatable bonds is 0. The Hall–Kier alpha value is -0.173.